The van der Waals surface area contributed by atoms with Crippen LogP contribution in [0.1, 0.15) is 189 Å². The van der Waals surface area contributed by atoms with Crippen LogP contribution in [0, 0.1) is 16.7 Å². The van der Waals surface area contributed by atoms with E-state index in [4.69, 9.17) is 0 Å². The Balaban J connectivity index is 0.000000157. The van der Waals surface area contributed by atoms with Crippen molar-refractivity contribution in [2.45, 2.75) is 253 Å². The summed E-state index contributed by atoms with van der Waals surface area (Å²) in [5, 5.41) is 0. The van der Waals surface area contributed by atoms with Gasteiger partial charge in [0.2, 0.25) is 0 Å². The number of nitrogens with zero attached hydrogens (tertiary/aromatic N) is 9. The van der Waals surface area contributed by atoms with E-state index < -0.39 is 0 Å². The molecule has 0 amide bonds. The summed E-state index contributed by atoms with van der Waals surface area (Å²) < 4.78 is 0. The van der Waals surface area contributed by atoms with Crippen molar-refractivity contribution >= 4 is 0 Å². The van der Waals surface area contributed by atoms with Crippen LogP contribution >= 0.6 is 0 Å². The lowest BCUT2D eigenvalue weighted by atomic mass is 9.65. The van der Waals surface area contributed by atoms with Crippen molar-refractivity contribution < 1.29 is 0 Å². The van der Waals surface area contributed by atoms with Crippen molar-refractivity contribution in [3.05, 3.63) is 0 Å². The van der Waals surface area contributed by atoms with Gasteiger partial charge in [-0.3, -0.25) is 29.4 Å². The van der Waals surface area contributed by atoms with Crippen molar-refractivity contribution in [3.8, 4) is 0 Å². The number of rotatable bonds is 0. The average molecular weight is 941 g/mol. The van der Waals surface area contributed by atoms with Crippen LogP contribution in [0.3, 0.4) is 0 Å². The average Bonchev–Trinajstić information content (AvgIpc) is 3.80. The number of fused-ring (bicyclic) bond motifs is 12. The number of piperazine rings is 3. The molecule has 0 radical (unpaired) electrons. The van der Waals surface area contributed by atoms with Gasteiger partial charge in [0.25, 0.3) is 0 Å². The van der Waals surface area contributed by atoms with E-state index in [9.17, 15) is 0 Å². The van der Waals surface area contributed by atoms with Crippen LogP contribution in [0.15, 0.2) is 0 Å². The number of piperidine rings is 2. The summed E-state index contributed by atoms with van der Waals surface area (Å²) in [6.07, 6.45) is 14.4. The maximum absolute atomic E-state index is 2.75. The molecular formula is C58H117N9. The zero-order valence-corrected chi connectivity index (χ0v) is 47.8. The lowest BCUT2D eigenvalue weighted by Crippen LogP contribution is -2.64. The van der Waals surface area contributed by atoms with Gasteiger partial charge in [-0.05, 0) is 219 Å². The zero-order chi connectivity index (χ0) is 49.0. The van der Waals surface area contributed by atoms with E-state index >= 15 is 0 Å². The van der Waals surface area contributed by atoms with Gasteiger partial charge in [0.15, 0.2) is 0 Å². The molecule has 10 aliphatic heterocycles. The predicted octanol–water partition coefficient (Wildman–Crippen LogP) is 10.0. The van der Waals surface area contributed by atoms with Gasteiger partial charge in [-0.25, -0.2) is 0 Å². The molecule has 394 valence electrons. The second-order valence-corrected chi connectivity index (χ2v) is 29.9. The minimum atomic E-state index is 0. The quantitative estimate of drug-likeness (QED) is 0.236. The van der Waals surface area contributed by atoms with Crippen molar-refractivity contribution in [3.63, 3.8) is 0 Å². The Morgan fingerprint density at radius 1 is 0.388 bits per heavy atom. The third-order valence-corrected chi connectivity index (χ3v) is 18.5. The molecule has 0 aromatic carbocycles. The first-order chi connectivity index (χ1) is 30.2. The van der Waals surface area contributed by atoms with Crippen LogP contribution in [-0.2, 0) is 0 Å². The Hall–Kier alpha value is -0.360. The maximum Gasteiger partial charge on any atom is 0.0244 e. The molecule has 8 unspecified atom stereocenters. The van der Waals surface area contributed by atoms with Crippen molar-refractivity contribution in [1.29, 1.82) is 0 Å². The van der Waals surface area contributed by atoms with Gasteiger partial charge >= 0.3 is 0 Å². The van der Waals surface area contributed by atoms with E-state index in [-0.39, 0.29) is 7.43 Å². The van der Waals surface area contributed by atoms with Crippen LogP contribution < -0.4 is 0 Å². The molecule has 0 N–H and O–H groups in total. The summed E-state index contributed by atoms with van der Waals surface area (Å²) >= 11 is 0. The largest absolute Gasteiger partial charge is 0.305 e. The molecule has 11 fully saturated rings. The Morgan fingerprint density at radius 2 is 0.881 bits per heavy atom. The Labute approximate surface area is 418 Å². The summed E-state index contributed by atoms with van der Waals surface area (Å²) in [6, 6.07) is 5.09. The number of likely N-dealkylation sites (N-methyl/N-ethyl adjacent to an activating group) is 2. The molecule has 67 heavy (non-hydrogen) atoms. The highest BCUT2D eigenvalue weighted by atomic mass is 15.4. The zero-order valence-electron chi connectivity index (χ0n) is 47.8. The molecule has 0 aromatic rings. The fourth-order valence-corrected chi connectivity index (χ4v) is 15.2. The molecule has 11 rings (SSSR count). The van der Waals surface area contributed by atoms with Gasteiger partial charge in [-0.15, -0.1) is 0 Å². The standard InChI is InChI=1S/C14H28N2.C12H23N.C11H22N2.2C10H20N2.CH4/c1-12(2,3)16-10-13(4)7-14(5,11-16)9-15(6)8-13;1-12(2,3)13-9-8-10-4-6-11(13)7-5-10;1-11(2,3)13-7-9-5-6-10(8-13)12(9)4;1-10(2,3)12-7-8-5-9(12)6-11(8)4;1-10(2,3)12-7-6-11-5-4-9(12)8-11;/h7-11H2,1-6H3;10-11H,4-9H2,1-3H3;9-10H,5-8H2,1-4H3;8-9H,5-7H2,1-4H3;9H,4-8H2,1-3H3;1H4. The summed E-state index contributed by atoms with van der Waals surface area (Å²) in [7, 11) is 6.83. The minimum Gasteiger partial charge on any atom is -0.305 e. The highest BCUT2D eigenvalue weighted by molar-refractivity contribution is 5.04. The first-order valence-corrected chi connectivity index (χ1v) is 27.9. The maximum atomic E-state index is 2.75. The number of hydrogen-bond acceptors (Lipinski definition) is 9. The van der Waals surface area contributed by atoms with Crippen LogP contribution in [0.2, 0.25) is 0 Å². The Morgan fingerprint density at radius 3 is 1.33 bits per heavy atom. The van der Waals surface area contributed by atoms with E-state index in [2.05, 4.69) is 183 Å². The molecule has 1 saturated carbocycles. The van der Waals surface area contributed by atoms with Gasteiger partial charge < -0.3 is 14.7 Å². The second-order valence-electron chi connectivity index (χ2n) is 29.9. The van der Waals surface area contributed by atoms with E-state index in [1.807, 2.05) is 0 Å². The van der Waals surface area contributed by atoms with Crippen LogP contribution in [-0.4, -0.2) is 214 Å². The number of likely N-dealkylation sites (tertiary alicyclic amines) is 5. The van der Waals surface area contributed by atoms with Crippen LogP contribution in [0.5, 0.6) is 0 Å². The van der Waals surface area contributed by atoms with E-state index in [0.717, 1.165) is 42.2 Å². The van der Waals surface area contributed by atoms with Gasteiger partial charge in [0.05, 0.1) is 0 Å². The summed E-state index contributed by atoms with van der Waals surface area (Å²) in [5.74, 6) is 1.06. The highest BCUT2D eigenvalue weighted by Gasteiger charge is 2.50. The summed E-state index contributed by atoms with van der Waals surface area (Å²) in [5.41, 5.74) is 2.81. The van der Waals surface area contributed by atoms with Gasteiger partial charge in [0.1, 0.15) is 0 Å². The second kappa shape index (κ2) is 21.6. The molecule has 9 heteroatoms. The van der Waals surface area contributed by atoms with Crippen molar-refractivity contribution in [1.82, 2.24) is 44.1 Å². The Kier molecular flexibility index (Phi) is 18.6. The highest BCUT2D eigenvalue weighted by Crippen LogP contribution is 2.47. The lowest BCUT2D eigenvalue weighted by Gasteiger charge is -2.59. The van der Waals surface area contributed by atoms with Crippen molar-refractivity contribution in [2.24, 2.45) is 16.7 Å². The van der Waals surface area contributed by atoms with Gasteiger partial charge in [-0.2, -0.15) is 0 Å². The molecule has 1 aliphatic carbocycles. The normalized spacial score (nSPS) is 37.8. The lowest BCUT2D eigenvalue weighted by molar-refractivity contribution is -0.0930. The first-order valence-electron chi connectivity index (χ1n) is 27.9. The van der Waals surface area contributed by atoms with E-state index in [1.54, 1.807) is 0 Å². The minimum absolute atomic E-state index is 0. The fourth-order valence-electron chi connectivity index (χ4n) is 15.2. The van der Waals surface area contributed by atoms with Crippen LogP contribution in [0.25, 0.3) is 0 Å². The monoisotopic (exact) mass is 940 g/mol. The topological polar surface area (TPSA) is 29.2 Å². The van der Waals surface area contributed by atoms with Crippen LogP contribution in [0.4, 0.5) is 0 Å². The van der Waals surface area contributed by atoms with E-state index in [1.165, 1.54) is 149 Å². The molecule has 9 nitrogen and oxygen atoms in total. The molecular weight excluding hydrogens is 823 g/mol. The molecule has 11 aliphatic rings. The third-order valence-electron chi connectivity index (χ3n) is 18.5. The smallest absolute Gasteiger partial charge is 0.0244 e. The molecule has 10 bridgehead atoms. The molecule has 10 heterocycles. The third kappa shape index (κ3) is 14.9. The van der Waals surface area contributed by atoms with Gasteiger partial charge in [-0.1, -0.05) is 21.3 Å². The first kappa shape index (κ1) is 57.5. The fraction of sp³-hybridized carbons (Fsp3) is 1.00. The van der Waals surface area contributed by atoms with Gasteiger partial charge in [0, 0.05) is 136 Å². The number of hydrogen-bond donors (Lipinski definition) is 0. The molecule has 8 atom stereocenters. The molecule has 0 spiro atoms. The molecule has 0 aromatic heterocycles. The molecule has 10 saturated heterocycles. The predicted molar refractivity (Wildman–Crippen MR) is 292 cm³/mol. The summed E-state index contributed by atoms with van der Waals surface area (Å²) in [4.78, 5) is 23.7. The summed E-state index contributed by atoms with van der Waals surface area (Å²) in [6.45, 7) is 56.8. The Bertz CT molecular complexity index is 1490. The van der Waals surface area contributed by atoms with Crippen molar-refractivity contribution in [2.75, 3.05) is 106 Å². The van der Waals surface area contributed by atoms with E-state index in [0.29, 0.717) is 38.5 Å². The SMILES string of the molecule is C.CC(C)(C)N1CCC2CCC1CC2.CC(C)(C)N1CCN2CCC1C2.CN1C2CCC1CN(C(C)(C)C)C2.CN1CC2(C)CN(C(C)(C)C)CC(C)(C1)C2.CN1CC2CC1CN2C(C)(C)C.